The fourth-order valence-electron chi connectivity index (χ4n) is 2.03. The zero-order valence-electron chi connectivity index (χ0n) is 10.4. The van der Waals surface area contributed by atoms with Crippen LogP contribution < -0.4 is 10.6 Å². The number of ether oxygens (including phenoxy) is 1. The Labute approximate surface area is 105 Å². The maximum absolute atomic E-state index is 11.0. The van der Waals surface area contributed by atoms with Crippen LogP contribution in [0.25, 0.3) is 0 Å². The summed E-state index contributed by atoms with van der Waals surface area (Å²) in [6.45, 7) is 5.51. The first-order valence-corrected chi connectivity index (χ1v) is 5.69. The zero-order valence-corrected chi connectivity index (χ0v) is 10.4. The van der Waals surface area contributed by atoms with Crippen LogP contribution in [0.4, 0.5) is 17.3 Å². The Morgan fingerprint density at radius 2 is 2.28 bits per heavy atom. The maximum atomic E-state index is 11.0. The molecule has 0 aromatic carbocycles. The molecule has 0 bridgehead atoms. The van der Waals surface area contributed by atoms with Crippen molar-refractivity contribution in [2.45, 2.75) is 19.4 Å². The summed E-state index contributed by atoms with van der Waals surface area (Å²) in [5.41, 5.74) is 5.24. The van der Waals surface area contributed by atoms with Crippen LogP contribution in [0.2, 0.25) is 0 Å². The van der Waals surface area contributed by atoms with E-state index >= 15 is 0 Å². The van der Waals surface area contributed by atoms with Crippen molar-refractivity contribution in [2.24, 2.45) is 0 Å². The Morgan fingerprint density at radius 3 is 2.89 bits per heavy atom. The normalized spacial score (nSPS) is 18.7. The molecule has 2 rings (SSSR count). The predicted molar refractivity (Wildman–Crippen MR) is 67.5 cm³/mol. The molecule has 0 aliphatic carbocycles. The van der Waals surface area contributed by atoms with E-state index in [2.05, 4.69) is 4.98 Å². The summed E-state index contributed by atoms with van der Waals surface area (Å²) in [6.07, 6.45) is 0. The minimum atomic E-state index is -0.440. The molecule has 1 aromatic rings. The Morgan fingerprint density at radius 1 is 1.56 bits per heavy atom. The lowest BCUT2D eigenvalue weighted by Gasteiger charge is -2.38. The molecule has 0 radical (unpaired) electrons. The molecule has 7 heteroatoms. The van der Waals surface area contributed by atoms with E-state index in [1.165, 1.54) is 12.1 Å². The van der Waals surface area contributed by atoms with E-state index in [9.17, 15) is 10.1 Å². The topological polar surface area (TPSA) is 94.5 Å². The van der Waals surface area contributed by atoms with Gasteiger partial charge in [-0.25, -0.2) is 4.98 Å². The highest BCUT2D eigenvalue weighted by molar-refractivity contribution is 5.61. The molecule has 0 atom stereocenters. The molecule has 2 heterocycles. The summed E-state index contributed by atoms with van der Waals surface area (Å²) in [7, 11) is 0. The number of aromatic nitrogens is 1. The number of nitrogens with zero attached hydrogens (tertiary/aromatic N) is 3. The lowest BCUT2D eigenvalue weighted by Crippen LogP contribution is -2.48. The number of anilines is 2. The SMILES string of the molecule is CC1(C)CN(c2nc(N)ccc2[N+](=O)[O-])CCO1. The number of nitro groups is 1. The minimum Gasteiger partial charge on any atom is -0.384 e. The van der Waals surface area contributed by atoms with Crippen LogP contribution in [0.15, 0.2) is 12.1 Å². The van der Waals surface area contributed by atoms with Crippen LogP contribution in [0.1, 0.15) is 13.8 Å². The Hall–Kier alpha value is -1.89. The van der Waals surface area contributed by atoms with Crippen molar-refractivity contribution in [1.29, 1.82) is 0 Å². The molecule has 1 aromatic heterocycles. The fraction of sp³-hybridized carbons (Fsp3) is 0.545. The molecule has 0 spiro atoms. The van der Waals surface area contributed by atoms with E-state index in [1.807, 2.05) is 18.7 Å². The number of rotatable bonds is 2. The largest absolute Gasteiger partial charge is 0.384 e. The van der Waals surface area contributed by atoms with E-state index < -0.39 is 4.92 Å². The second-order valence-corrected chi connectivity index (χ2v) is 4.87. The van der Waals surface area contributed by atoms with Gasteiger partial charge in [0, 0.05) is 19.2 Å². The Kier molecular flexibility index (Phi) is 3.08. The van der Waals surface area contributed by atoms with Gasteiger partial charge in [-0.2, -0.15) is 0 Å². The van der Waals surface area contributed by atoms with E-state index in [-0.39, 0.29) is 17.1 Å². The summed E-state index contributed by atoms with van der Waals surface area (Å²) in [6, 6.07) is 2.83. The summed E-state index contributed by atoms with van der Waals surface area (Å²) in [5, 5.41) is 11.0. The molecular weight excluding hydrogens is 236 g/mol. The Balaban J connectivity index is 2.37. The number of hydrogen-bond donors (Lipinski definition) is 1. The molecule has 1 aliphatic rings. The molecule has 7 nitrogen and oxygen atoms in total. The van der Waals surface area contributed by atoms with Crippen LogP contribution in [-0.4, -0.2) is 35.2 Å². The second kappa shape index (κ2) is 4.41. The number of pyridine rings is 1. The standard InChI is InChI=1S/C11H16N4O3/c1-11(2)7-14(5-6-18-11)10-8(15(16)17)3-4-9(12)13-10/h3-4H,5-7H2,1-2H3,(H2,12,13). The van der Waals surface area contributed by atoms with E-state index in [4.69, 9.17) is 10.5 Å². The van der Waals surface area contributed by atoms with Crippen LogP contribution in [-0.2, 0) is 4.74 Å². The average Bonchev–Trinajstić information content (AvgIpc) is 2.27. The fourth-order valence-corrected chi connectivity index (χ4v) is 2.03. The monoisotopic (exact) mass is 252 g/mol. The number of hydrogen-bond acceptors (Lipinski definition) is 6. The summed E-state index contributed by atoms with van der Waals surface area (Å²) in [4.78, 5) is 16.5. The number of nitrogen functional groups attached to an aromatic ring is 1. The predicted octanol–water partition coefficient (Wildman–Crippen LogP) is 1.19. The molecular formula is C11H16N4O3. The van der Waals surface area contributed by atoms with Crippen molar-refractivity contribution in [3.8, 4) is 0 Å². The third-order valence-electron chi connectivity index (χ3n) is 2.80. The van der Waals surface area contributed by atoms with Gasteiger partial charge in [-0.15, -0.1) is 0 Å². The van der Waals surface area contributed by atoms with Gasteiger partial charge in [0.05, 0.1) is 17.1 Å². The van der Waals surface area contributed by atoms with Crippen molar-refractivity contribution in [3.63, 3.8) is 0 Å². The average molecular weight is 252 g/mol. The summed E-state index contributed by atoms with van der Waals surface area (Å²) < 4.78 is 5.58. The van der Waals surface area contributed by atoms with Crippen molar-refractivity contribution in [2.75, 3.05) is 30.3 Å². The minimum absolute atomic E-state index is 0.0260. The van der Waals surface area contributed by atoms with Gasteiger partial charge in [0.2, 0.25) is 5.82 Å². The highest BCUT2D eigenvalue weighted by atomic mass is 16.6. The van der Waals surface area contributed by atoms with E-state index in [0.717, 1.165) is 0 Å². The van der Waals surface area contributed by atoms with E-state index in [1.54, 1.807) is 0 Å². The van der Waals surface area contributed by atoms with Crippen molar-refractivity contribution < 1.29 is 9.66 Å². The van der Waals surface area contributed by atoms with Gasteiger partial charge in [0.1, 0.15) is 5.82 Å². The first kappa shape index (κ1) is 12.6. The second-order valence-electron chi connectivity index (χ2n) is 4.87. The first-order valence-electron chi connectivity index (χ1n) is 5.69. The first-order chi connectivity index (χ1) is 8.39. The highest BCUT2D eigenvalue weighted by Crippen LogP contribution is 2.30. The molecule has 1 saturated heterocycles. The Bertz CT molecular complexity index is 475. The lowest BCUT2D eigenvalue weighted by molar-refractivity contribution is -0.384. The number of morpholine rings is 1. The van der Waals surface area contributed by atoms with Gasteiger partial charge in [0.15, 0.2) is 0 Å². The molecule has 0 unspecified atom stereocenters. The zero-order chi connectivity index (χ0) is 13.3. The van der Waals surface area contributed by atoms with Crippen LogP contribution >= 0.6 is 0 Å². The van der Waals surface area contributed by atoms with Gasteiger partial charge in [-0.1, -0.05) is 0 Å². The van der Waals surface area contributed by atoms with Crippen molar-refractivity contribution in [3.05, 3.63) is 22.2 Å². The lowest BCUT2D eigenvalue weighted by atomic mass is 10.1. The summed E-state index contributed by atoms with van der Waals surface area (Å²) in [5.74, 6) is 0.594. The van der Waals surface area contributed by atoms with Gasteiger partial charge >= 0.3 is 5.69 Å². The van der Waals surface area contributed by atoms with Crippen molar-refractivity contribution >= 4 is 17.3 Å². The smallest absolute Gasteiger partial charge is 0.311 e. The van der Waals surface area contributed by atoms with Gasteiger partial charge in [-0.05, 0) is 19.9 Å². The molecule has 1 fully saturated rings. The van der Waals surface area contributed by atoms with Crippen LogP contribution in [0.3, 0.4) is 0 Å². The third kappa shape index (κ3) is 2.51. The molecule has 0 amide bonds. The molecule has 98 valence electrons. The van der Waals surface area contributed by atoms with Gasteiger partial charge in [0.25, 0.3) is 0 Å². The molecule has 2 N–H and O–H groups in total. The van der Waals surface area contributed by atoms with Crippen molar-refractivity contribution in [1.82, 2.24) is 4.98 Å². The quantitative estimate of drug-likeness (QED) is 0.627. The molecule has 0 saturated carbocycles. The molecule has 1 aliphatic heterocycles. The number of nitrogens with two attached hydrogens (primary N) is 1. The van der Waals surface area contributed by atoms with Crippen LogP contribution in [0.5, 0.6) is 0 Å². The third-order valence-corrected chi connectivity index (χ3v) is 2.80. The highest BCUT2D eigenvalue weighted by Gasteiger charge is 2.31. The van der Waals surface area contributed by atoms with Gasteiger partial charge in [-0.3, -0.25) is 10.1 Å². The summed E-state index contributed by atoms with van der Waals surface area (Å²) >= 11 is 0. The van der Waals surface area contributed by atoms with Crippen LogP contribution in [0, 0.1) is 10.1 Å². The molecule has 18 heavy (non-hydrogen) atoms. The van der Waals surface area contributed by atoms with Gasteiger partial charge < -0.3 is 15.4 Å². The van der Waals surface area contributed by atoms with E-state index in [0.29, 0.717) is 25.5 Å². The maximum Gasteiger partial charge on any atom is 0.311 e.